The quantitative estimate of drug-likeness (QED) is 0.409. The van der Waals surface area contributed by atoms with Crippen LogP contribution in [0.5, 0.6) is 5.75 Å². The van der Waals surface area contributed by atoms with E-state index >= 15 is 0 Å². The van der Waals surface area contributed by atoms with Crippen molar-refractivity contribution in [3.05, 3.63) is 90.0 Å². The Bertz CT molecular complexity index is 1350. The molecule has 1 amide bonds. The van der Waals surface area contributed by atoms with Crippen molar-refractivity contribution < 1.29 is 14.6 Å². The summed E-state index contributed by atoms with van der Waals surface area (Å²) in [6.07, 6.45) is 0.613. The fraction of sp³-hybridized carbons (Fsp3) is 0.222. The van der Waals surface area contributed by atoms with Gasteiger partial charge in [0.2, 0.25) is 5.95 Å². The minimum absolute atomic E-state index is 0.0342. The van der Waals surface area contributed by atoms with E-state index in [0.29, 0.717) is 18.9 Å². The number of para-hydroxylation sites is 2. The number of aliphatic hydroxyl groups is 1. The number of imidazole rings is 1. The molecule has 0 saturated heterocycles. The highest BCUT2D eigenvalue weighted by Gasteiger charge is 2.33. The fourth-order valence-electron chi connectivity index (χ4n) is 4.38. The van der Waals surface area contributed by atoms with Gasteiger partial charge in [-0.3, -0.25) is 4.79 Å². The molecule has 0 spiro atoms. The van der Waals surface area contributed by atoms with Crippen LogP contribution in [0.25, 0.3) is 11.0 Å². The van der Waals surface area contributed by atoms with Crippen LogP contribution in [0, 0.1) is 0 Å². The zero-order chi connectivity index (χ0) is 24.2. The molecule has 1 aromatic heterocycles. The average Bonchev–Trinajstić information content (AvgIpc) is 3.50. The second kappa shape index (κ2) is 9.99. The number of fused-ring (bicyclic) bond motifs is 1. The molecule has 0 radical (unpaired) electrons. The highest BCUT2D eigenvalue weighted by Crippen LogP contribution is 2.34. The maximum Gasteiger partial charge on any atom is 0.263 e. The van der Waals surface area contributed by atoms with Gasteiger partial charge in [0, 0.05) is 13.0 Å². The molecule has 8 heteroatoms. The zero-order valence-electron chi connectivity index (χ0n) is 19.5. The van der Waals surface area contributed by atoms with Crippen LogP contribution in [0.3, 0.4) is 0 Å². The third-order valence-electron chi connectivity index (χ3n) is 6.12. The Morgan fingerprint density at radius 1 is 1.06 bits per heavy atom. The largest absolute Gasteiger partial charge is 0.497 e. The van der Waals surface area contributed by atoms with Crippen molar-refractivity contribution in [3.63, 3.8) is 0 Å². The molecule has 1 aliphatic heterocycles. The van der Waals surface area contributed by atoms with Gasteiger partial charge in [0.05, 0.1) is 36.5 Å². The minimum Gasteiger partial charge on any atom is -0.497 e. The van der Waals surface area contributed by atoms with Crippen LogP contribution in [0.15, 0.2) is 84.0 Å². The standard InChI is InChI=1S/C27H27N5O3/c1-35-21-13-11-20(12-14-21)25-17-23(19-7-3-2-4-8-19)30-32(25)26(34)18-31-24-10-6-5-9-22(24)29-27(31)28-15-16-33/h2-14,25,33H,15-18H2,1H3,(H,28,29)/t25-/m1/s1. The number of carbonyl (C=O) groups is 1. The first kappa shape index (κ1) is 22.6. The molecule has 0 fully saturated rings. The first-order valence-electron chi connectivity index (χ1n) is 11.6. The van der Waals surface area contributed by atoms with E-state index in [9.17, 15) is 9.90 Å². The molecular formula is C27H27N5O3. The second-order valence-electron chi connectivity index (χ2n) is 8.30. The van der Waals surface area contributed by atoms with E-state index in [4.69, 9.17) is 9.84 Å². The Morgan fingerprint density at radius 2 is 1.80 bits per heavy atom. The van der Waals surface area contributed by atoms with Crippen LogP contribution in [-0.4, -0.2) is 51.5 Å². The molecule has 0 unspecified atom stereocenters. The lowest BCUT2D eigenvalue weighted by Crippen LogP contribution is -2.30. The zero-order valence-corrected chi connectivity index (χ0v) is 19.5. The normalized spacial score (nSPS) is 15.3. The number of ether oxygens (including phenoxy) is 1. The van der Waals surface area contributed by atoms with Gasteiger partial charge in [0.15, 0.2) is 0 Å². The van der Waals surface area contributed by atoms with Gasteiger partial charge in [0.1, 0.15) is 12.3 Å². The van der Waals surface area contributed by atoms with Gasteiger partial charge in [0.25, 0.3) is 5.91 Å². The average molecular weight is 470 g/mol. The summed E-state index contributed by atoms with van der Waals surface area (Å²) in [6.45, 7) is 0.367. The molecule has 4 aromatic rings. The topological polar surface area (TPSA) is 92.0 Å². The van der Waals surface area contributed by atoms with Gasteiger partial charge in [-0.25, -0.2) is 9.99 Å². The maximum atomic E-state index is 13.7. The highest BCUT2D eigenvalue weighted by molar-refractivity contribution is 6.03. The van der Waals surface area contributed by atoms with Crippen LogP contribution in [0.4, 0.5) is 5.95 Å². The SMILES string of the molecule is COc1ccc([C@H]2CC(c3ccccc3)=NN2C(=O)Cn2c(NCCO)nc3ccccc32)cc1. The number of methoxy groups -OCH3 is 1. The fourth-order valence-corrected chi connectivity index (χ4v) is 4.38. The van der Waals surface area contributed by atoms with Crippen molar-refractivity contribution in [2.24, 2.45) is 5.10 Å². The lowest BCUT2D eigenvalue weighted by atomic mass is 9.98. The molecule has 0 saturated carbocycles. The number of anilines is 1. The number of aliphatic hydroxyl groups excluding tert-OH is 1. The smallest absolute Gasteiger partial charge is 0.263 e. The van der Waals surface area contributed by atoms with Gasteiger partial charge < -0.3 is 19.7 Å². The molecule has 0 aliphatic carbocycles. The van der Waals surface area contributed by atoms with Crippen molar-refractivity contribution >= 4 is 28.6 Å². The van der Waals surface area contributed by atoms with Gasteiger partial charge in [-0.05, 0) is 35.4 Å². The number of carbonyl (C=O) groups excluding carboxylic acids is 1. The predicted molar refractivity (Wildman–Crippen MR) is 135 cm³/mol. The van der Waals surface area contributed by atoms with Gasteiger partial charge in [-0.15, -0.1) is 0 Å². The second-order valence-corrected chi connectivity index (χ2v) is 8.30. The third-order valence-corrected chi connectivity index (χ3v) is 6.12. The van der Waals surface area contributed by atoms with Crippen molar-refractivity contribution in [2.45, 2.75) is 19.0 Å². The lowest BCUT2D eigenvalue weighted by molar-refractivity contribution is -0.133. The number of aromatic nitrogens is 2. The summed E-state index contributed by atoms with van der Waals surface area (Å²) in [5.41, 5.74) is 4.48. The molecule has 2 heterocycles. The Morgan fingerprint density at radius 3 is 2.54 bits per heavy atom. The summed E-state index contributed by atoms with van der Waals surface area (Å²) in [7, 11) is 1.63. The molecule has 35 heavy (non-hydrogen) atoms. The van der Waals surface area contributed by atoms with E-state index in [1.54, 1.807) is 12.1 Å². The van der Waals surface area contributed by atoms with E-state index in [2.05, 4.69) is 10.3 Å². The van der Waals surface area contributed by atoms with Crippen LogP contribution < -0.4 is 10.1 Å². The van der Waals surface area contributed by atoms with Crippen LogP contribution >= 0.6 is 0 Å². The van der Waals surface area contributed by atoms with Crippen LogP contribution in [-0.2, 0) is 11.3 Å². The number of benzene rings is 3. The van der Waals surface area contributed by atoms with Crippen molar-refractivity contribution in [1.82, 2.24) is 14.6 Å². The van der Waals surface area contributed by atoms with E-state index in [-0.39, 0.29) is 25.1 Å². The summed E-state index contributed by atoms with van der Waals surface area (Å²) in [4.78, 5) is 18.3. The molecule has 0 bridgehead atoms. The molecule has 8 nitrogen and oxygen atoms in total. The van der Waals surface area contributed by atoms with E-state index < -0.39 is 0 Å². The van der Waals surface area contributed by atoms with Gasteiger partial charge in [-0.1, -0.05) is 54.6 Å². The number of nitrogens with one attached hydrogen (secondary N) is 1. The van der Waals surface area contributed by atoms with E-state index in [0.717, 1.165) is 33.6 Å². The van der Waals surface area contributed by atoms with E-state index in [1.807, 2.05) is 83.4 Å². The molecular weight excluding hydrogens is 442 g/mol. The number of rotatable bonds is 8. The van der Waals surface area contributed by atoms with Gasteiger partial charge >= 0.3 is 0 Å². The number of nitrogens with zero attached hydrogens (tertiary/aromatic N) is 4. The van der Waals surface area contributed by atoms with Gasteiger partial charge in [-0.2, -0.15) is 5.10 Å². The molecule has 178 valence electrons. The van der Waals surface area contributed by atoms with Crippen molar-refractivity contribution in [1.29, 1.82) is 0 Å². The number of hydrogen-bond acceptors (Lipinski definition) is 6. The maximum absolute atomic E-state index is 13.7. The van der Waals surface area contributed by atoms with E-state index in [1.165, 1.54) is 0 Å². The highest BCUT2D eigenvalue weighted by atomic mass is 16.5. The molecule has 5 rings (SSSR count). The van der Waals surface area contributed by atoms with Crippen LogP contribution in [0.1, 0.15) is 23.6 Å². The van der Waals surface area contributed by atoms with Crippen molar-refractivity contribution in [2.75, 3.05) is 25.6 Å². The first-order chi connectivity index (χ1) is 17.2. The Kier molecular flexibility index (Phi) is 6.45. The Labute approximate surface area is 203 Å². The molecule has 3 aromatic carbocycles. The summed E-state index contributed by atoms with van der Waals surface area (Å²) >= 11 is 0. The summed E-state index contributed by atoms with van der Waals surface area (Å²) in [5, 5.41) is 18.8. The summed E-state index contributed by atoms with van der Waals surface area (Å²) in [6, 6.07) is 25.1. The van der Waals surface area contributed by atoms with Crippen LogP contribution in [0.2, 0.25) is 0 Å². The number of hydrogen-bond donors (Lipinski definition) is 2. The monoisotopic (exact) mass is 469 g/mol. The minimum atomic E-state index is -0.229. The third kappa shape index (κ3) is 4.61. The number of amides is 1. The molecule has 1 aliphatic rings. The van der Waals surface area contributed by atoms with Crippen molar-refractivity contribution in [3.8, 4) is 5.75 Å². The summed E-state index contributed by atoms with van der Waals surface area (Å²) in [5.74, 6) is 1.16. The number of hydrazone groups is 1. The molecule has 2 N–H and O–H groups in total. The Balaban J connectivity index is 1.49. The predicted octanol–water partition coefficient (Wildman–Crippen LogP) is 3.83. The Hall–Kier alpha value is -4.17. The molecule has 1 atom stereocenters. The summed E-state index contributed by atoms with van der Waals surface area (Å²) < 4.78 is 7.15. The first-order valence-corrected chi connectivity index (χ1v) is 11.6. The lowest BCUT2D eigenvalue weighted by Gasteiger charge is -2.23.